The van der Waals surface area contributed by atoms with Crippen LogP contribution in [0.4, 0.5) is 10.8 Å². The van der Waals surface area contributed by atoms with Crippen LogP contribution in [0.3, 0.4) is 0 Å². The second-order valence-electron chi connectivity index (χ2n) is 5.03. The number of rotatable bonds is 6. The highest BCUT2D eigenvalue weighted by Gasteiger charge is 2.18. The average molecular weight is 390 g/mol. The van der Waals surface area contributed by atoms with Gasteiger partial charge in [-0.25, -0.2) is 8.42 Å². The molecule has 0 radical (unpaired) electrons. The third-order valence-corrected chi connectivity index (χ3v) is 5.31. The largest absolute Gasteiger partial charge is 0.495 e. The van der Waals surface area contributed by atoms with E-state index in [9.17, 15) is 13.2 Å². The molecule has 0 fully saturated rings. The number of nitrogens with one attached hydrogen (secondary N) is 2. The summed E-state index contributed by atoms with van der Waals surface area (Å²) >= 11 is 1.16. The lowest BCUT2D eigenvalue weighted by Crippen LogP contribution is -2.16. The number of amides is 1. The second-order valence-corrected chi connectivity index (χ2v) is 7.55. The van der Waals surface area contributed by atoms with Gasteiger partial charge in [0.25, 0.3) is 15.9 Å². The lowest BCUT2D eigenvalue weighted by Gasteiger charge is -2.12. The van der Waals surface area contributed by atoms with Gasteiger partial charge in [0.2, 0.25) is 5.13 Å². The van der Waals surface area contributed by atoms with E-state index in [2.05, 4.69) is 20.2 Å². The Hall–Kier alpha value is -2.98. The van der Waals surface area contributed by atoms with Gasteiger partial charge < -0.3 is 4.74 Å². The lowest BCUT2D eigenvalue weighted by molar-refractivity contribution is 0.102. The number of benzene rings is 2. The molecule has 3 aromatic rings. The summed E-state index contributed by atoms with van der Waals surface area (Å²) in [5, 5.41) is 10.2. The molecule has 0 atom stereocenters. The topological polar surface area (TPSA) is 110 Å². The maximum atomic E-state index is 12.6. The zero-order chi connectivity index (χ0) is 18.6. The number of para-hydroxylation sites is 2. The highest BCUT2D eigenvalue weighted by Crippen LogP contribution is 2.26. The first-order valence-electron chi connectivity index (χ1n) is 7.33. The van der Waals surface area contributed by atoms with E-state index in [0.717, 1.165) is 11.3 Å². The first-order chi connectivity index (χ1) is 12.5. The molecule has 1 amide bonds. The number of nitrogens with zero attached hydrogens (tertiary/aromatic N) is 2. The van der Waals surface area contributed by atoms with E-state index in [1.54, 1.807) is 24.3 Å². The SMILES string of the molecule is COc1ccccc1NS(=O)(=O)c1cccc(C(=O)Nc2nncs2)c1. The first-order valence-corrected chi connectivity index (χ1v) is 9.69. The Morgan fingerprint density at radius 1 is 1.15 bits per heavy atom. The molecular weight excluding hydrogens is 376 g/mol. The first kappa shape index (κ1) is 17.8. The molecule has 2 N–H and O–H groups in total. The minimum absolute atomic E-state index is 0.0479. The molecule has 0 saturated heterocycles. The van der Waals surface area contributed by atoms with E-state index >= 15 is 0 Å². The third-order valence-electron chi connectivity index (χ3n) is 3.34. The van der Waals surface area contributed by atoms with Crippen LogP contribution in [0.15, 0.2) is 58.9 Å². The van der Waals surface area contributed by atoms with E-state index in [0.29, 0.717) is 16.6 Å². The Morgan fingerprint density at radius 2 is 1.96 bits per heavy atom. The molecule has 2 aromatic carbocycles. The quantitative estimate of drug-likeness (QED) is 0.669. The maximum Gasteiger partial charge on any atom is 0.262 e. The smallest absolute Gasteiger partial charge is 0.262 e. The molecule has 26 heavy (non-hydrogen) atoms. The van der Waals surface area contributed by atoms with Crippen molar-refractivity contribution in [2.45, 2.75) is 4.90 Å². The highest BCUT2D eigenvalue weighted by molar-refractivity contribution is 7.92. The van der Waals surface area contributed by atoms with Crippen LogP contribution in [-0.2, 0) is 10.0 Å². The van der Waals surface area contributed by atoms with Crippen molar-refractivity contribution in [1.29, 1.82) is 0 Å². The third kappa shape index (κ3) is 3.98. The molecule has 0 aliphatic carbocycles. The fourth-order valence-electron chi connectivity index (χ4n) is 2.13. The maximum absolute atomic E-state index is 12.6. The van der Waals surface area contributed by atoms with E-state index in [1.165, 1.54) is 36.9 Å². The summed E-state index contributed by atoms with van der Waals surface area (Å²) in [6.45, 7) is 0. The number of sulfonamides is 1. The Balaban J connectivity index is 1.85. The molecule has 0 saturated carbocycles. The summed E-state index contributed by atoms with van der Waals surface area (Å²) < 4.78 is 32.9. The summed E-state index contributed by atoms with van der Waals surface area (Å²) in [4.78, 5) is 12.2. The van der Waals surface area contributed by atoms with Gasteiger partial charge in [0.15, 0.2) is 0 Å². The van der Waals surface area contributed by atoms with Crippen molar-refractivity contribution in [3.8, 4) is 5.75 Å². The van der Waals surface area contributed by atoms with Gasteiger partial charge in [0, 0.05) is 5.56 Å². The monoisotopic (exact) mass is 390 g/mol. The fraction of sp³-hybridized carbons (Fsp3) is 0.0625. The van der Waals surface area contributed by atoms with Crippen LogP contribution in [-0.4, -0.2) is 31.6 Å². The summed E-state index contributed by atoms with van der Waals surface area (Å²) in [5.74, 6) is -0.0858. The minimum atomic E-state index is -3.90. The number of hydrogen-bond acceptors (Lipinski definition) is 7. The van der Waals surface area contributed by atoms with Gasteiger partial charge in [0.1, 0.15) is 11.3 Å². The van der Waals surface area contributed by atoms with Crippen LogP contribution in [0, 0.1) is 0 Å². The molecule has 3 rings (SSSR count). The summed E-state index contributed by atoms with van der Waals surface area (Å²) in [6.07, 6.45) is 0. The normalized spacial score (nSPS) is 11.0. The van der Waals surface area contributed by atoms with E-state index in [4.69, 9.17) is 4.74 Å². The lowest BCUT2D eigenvalue weighted by atomic mass is 10.2. The number of carbonyl (C=O) groups excluding carboxylic acids is 1. The molecule has 10 heteroatoms. The van der Waals surface area contributed by atoms with Crippen LogP contribution >= 0.6 is 11.3 Å². The van der Waals surface area contributed by atoms with Crippen molar-refractivity contribution in [3.63, 3.8) is 0 Å². The molecular formula is C16H14N4O4S2. The zero-order valence-corrected chi connectivity index (χ0v) is 15.2. The van der Waals surface area contributed by atoms with Crippen LogP contribution in [0.25, 0.3) is 0 Å². The van der Waals surface area contributed by atoms with Crippen molar-refractivity contribution < 1.29 is 17.9 Å². The highest BCUT2D eigenvalue weighted by atomic mass is 32.2. The van der Waals surface area contributed by atoms with Crippen LogP contribution < -0.4 is 14.8 Å². The Morgan fingerprint density at radius 3 is 2.69 bits per heavy atom. The molecule has 8 nitrogen and oxygen atoms in total. The molecule has 0 spiro atoms. The van der Waals surface area contributed by atoms with Gasteiger partial charge in [-0.15, -0.1) is 10.2 Å². The van der Waals surface area contributed by atoms with Gasteiger partial charge in [-0.3, -0.25) is 14.8 Å². The predicted octanol–water partition coefficient (Wildman–Crippen LogP) is 2.60. The number of anilines is 2. The minimum Gasteiger partial charge on any atom is -0.495 e. The average Bonchev–Trinajstić information content (AvgIpc) is 3.15. The number of methoxy groups -OCH3 is 1. The Bertz CT molecular complexity index is 1020. The van der Waals surface area contributed by atoms with Crippen LogP contribution in [0.2, 0.25) is 0 Å². The van der Waals surface area contributed by atoms with Crippen LogP contribution in [0.1, 0.15) is 10.4 Å². The Kier molecular flexibility index (Phi) is 5.14. The standard InChI is InChI=1S/C16H14N4O4S2/c1-24-14-8-3-2-7-13(14)20-26(22,23)12-6-4-5-11(9-12)15(21)18-16-19-17-10-25-16/h2-10,20H,1H3,(H,18,19,21). The number of aromatic nitrogens is 2. The summed E-state index contributed by atoms with van der Waals surface area (Å²) in [5.41, 5.74) is 1.97. The van der Waals surface area contributed by atoms with Gasteiger partial charge in [-0.1, -0.05) is 29.5 Å². The van der Waals surface area contributed by atoms with Crippen LogP contribution in [0.5, 0.6) is 5.75 Å². The van der Waals surface area contributed by atoms with Gasteiger partial charge in [-0.2, -0.15) is 0 Å². The van der Waals surface area contributed by atoms with Crippen molar-refractivity contribution in [2.24, 2.45) is 0 Å². The Labute approximate surface area is 153 Å². The molecule has 0 unspecified atom stereocenters. The summed E-state index contributed by atoms with van der Waals surface area (Å²) in [7, 11) is -2.45. The van der Waals surface area contributed by atoms with Crippen molar-refractivity contribution in [3.05, 3.63) is 59.6 Å². The molecule has 1 heterocycles. The second kappa shape index (κ2) is 7.50. The summed E-state index contributed by atoms with van der Waals surface area (Å²) in [6, 6.07) is 12.3. The number of ether oxygens (including phenoxy) is 1. The van der Waals surface area contributed by atoms with E-state index in [-0.39, 0.29) is 10.5 Å². The molecule has 134 valence electrons. The van der Waals surface area contributed by atoms with E-state index in [1.807, 2.05) is 0 Å². The fourth-order valence-corrected chi connectivity index (χ4v) is 3.69. The number of carbonyl (C=O) groups is 1. The van der Waals surface area contributed by atoms with Crippen molar-refractivity contribution in [2.75, 3.05) is 17.1 Å². The van der Waals surface area contributed by atoms with Gasteiger partial charge >= 0.3 is 0 Å². The van der Waals surface area contributed by atoms with Crippen molar-refractivity contribution in [1.82, 2.24) is 10.2 Å². The number of hydrogen-bond donors (Lipinski definition) is 2. The molecule has 0 aliphatic heterocycles. The molecule has 0 bridgehead atoms. The molecule has 0 aliphatic rings. The molecule has 1 aromatic heterocycles. The van der Waals surface area contributed by atoms with E-state index < -0.39 is 15.9 Å². The zero-order valence-electron chi connectivity index (χ0n) is 13.5. The van der Waals surface area contributed by atoms with Gasteiger partial charge in [-0.05, 0) is 30.3 Å². The van der Waals surface area contributed by atoms with Gasteiger partial charge in [0.05, 0.1) is 17.7 Å². The predicted molar refractivity (Wildman–Crippen MR) is 98.1 cm³/mol. The van der Waals surface area contributed by atoms with Crippen molar-refractivity contribution >= 4 is 38.1 Å².